The molecule has 106 valence electrons. The number of nitrogens with zero attached hydrogens (tertiary/aromatic N) is 3. The van der Waals surface area contributed by atoms with Gasteiger partial charge < -0.3 is 5.32 Å². The third kappa shape index (κ3) is 2.88. The fraction of sp³-hybridized carbons (Fsp3) is 0.769. The summed E-state index contributed by atoms with van der Waals surface area (Å²) in [5.41, 5.74) is -0.743. The molecule has 6 nitrogen and oxygen atoms in total. The maximum Gasteiger partial charge on any atom is 0.346 e. The maximum absolute atomic E-state index is 12.0. The van der Waals surface area contributed by atoms with Crippen molar-refractivity contribution in [1.82, 2.24) is 14.3 Å². The van der Waals surface area contributed by atoms with Gasteiger partial charge in [0.25, 0.3) is 5.56 Å². The number of aryl methyl sites for hydroxylation is 1. The van der Waals surface area contributed by atoms with E-state index >= 15 is 0 Å². The lowest BCUT2D eigenvalue weighted by atomic mass is 9.84. The molecule has 1 saturated carbocycles. The van der Waals surface area contributed by atoms with Crippen LogP contribution in [0.2, 0.25) is 0 Å². The van der Waals surface area contributed by atoms with E-state index in [2.05, 4.69) is 17.3 Å². The summed E-state index contributed by atoms with van der Waals surface area (Å²) in [5.74, 6) is 1.01. The smallest absolute Gasteiger partial charge is 0.346 e. The molecular formula is C13H22N4O2. The zero-order chi connectivity index (χ0) is 14.0. The summed E-state index contributed by atoms with van der Waals surface area (Å²) in [5, 5.41) is 7.26. The highest BCUT2D eigenvalue weighted by Crippen LogP contribution is 2.27. The molecule has 0 saturated heterocycles. The highest BCUT2D eigenvalue weighted by Gasteiger charge is 2.22. The fourth-order valence-electron chi connectivity index (χ4n) is 2.78. The van der Waals surface area contributed by atoms with Crippen LogP contribution < -0.4 is 16.6 Å². The molecule has 0 amide bonds. The van der Waals surface area contributed by atoms with E-state index < -0.39 is 5.69 Å². The zero-order valence-corrected chi connectivity index (χ0v) is 11.8. The minimum Gasteiger partial charge on any atom is -0.361 e. The quantitative estimate of drug-likeness (QED) is 0.881. The van der Waals surface area contributed by atoms with Crippen molar-refractivity contribution >= 4 is 5.82 Å². The average Bonchev–Trinajstić information content (AvgIpc) is 2.42. The lowest BCUT2D eigenvalue weighted by molar-refractivity contribution is 0.326. The molecule has 2 rings (SSSR count). The van der Waals surface area contributed by atoms with Crippen LogP contribution >= 0.6 is 0 Å². The summed E-state index contributed by atoms with van der Waals surface area (Å²) in [7, 11) is 3.04. The van der Waals surface area contributed by atoms with Gasteiger partial charge in [-0.25, -0.2) is 9.48 Å². The minimum atomic E-state index is -0.398. The number of rotatable bonds is 3. The van der Waals surface area contributed by atoms with Gasteiger partial charge in [-0.1, -0.05) is 26.2 Å². The van der Waals surface area contributed by atoms with Crippen LogP contribution in [0.25, 0.3) is 0 Å². The Labute approximate surface area is 112 Å². The van der Waals surface area contributed by atoms with Crippen LogP contribution in [0.4, 0.5) is 5.82 Å². The van der Waals surface area contributed by atoms with Crippen LogP contribution in [0.5, 0.6) is 0 Å². The number of hydrogen-bond donors (Lipinski definition) is 1. The first kappa shape index (κ1) is 13.8. The number of aromatic nitrogens is 3. The second kappa shape index (κ2) is 5.59. The van der Waals surface area contributed by atoms with Crippen LogP contribution in [-0.2, 0) is 14.1 Å². The minimum absolute atomic E-state index is 0.284. The summed E-state index contributed by atoms with van der Waals surface area (Å²) < 4.78 is 2.29. The molecule has 1 heterocycles. The normalized spacial score (nSPS) is 23.3. The topological polar surface area (TPSA) is 68.9 Å². The average molecular weight is 266 g/mol. The van der Waals surface area contributed by atoms with Crippen molar-refractivity contribution in [2.75, 3.05) is 5.32 Å². The van der Waals surface area contributed by atoms with Gasteiger partial charge in [-0.2, -0.15) is 0 Å². The zero-order valence-electron chi connectivity index (χ0n) is 11.8. The summed E-state index contributed by atoms with van der Waals surface area (Å²) in [4.78, 5) is 23.6. The maximum atomic E-state index is 12.0. The van der Waals surface area contributed by atoms with Gasteiger partial charge in [0.05, 0.1) is 0 Å². The summed E-state index contributed by atoms with van der Waals surface area (Å²) in [6, 6.07) is 0.288. The molecule has 6 heteroatoms. The Morgan fingerprint density at radius 3 is 2.74 bits per heavy atom. The Morgan fingerprint density at radius 1 is 1.32 bits per heavy atom. The second-order valence-corrected chi connectivity index (χ2v) is 5.40. The molecule has 1 fully saturated rings. The van der Waals surface area contributed by atoms with Crippen molar-refractivity contribution < 1.29 is 0 Å². The first-order valence-corrected chi connectivity index (χ1v) is 6.93. The molecule has 0 radical (unpaired) electrons. The van der Waals surface area contributed by atoms with Gasteiger partial charge in [-0.3, -0.25) is 9.36 Å². The van der Waals surface area contributed by atoms with E-state index in [1.54, 1.807) is 7.05 Å². The van der Waals surface area contributed by atoms with Crippen molar-refractivity contribution in [1.29, 1.82) is 0 Å². The molecule has 1 aliphatic carbocycles. The predicted octanol–water partition coefficient (Wildman–Crippen LogP) is 0.860. The van der Waals surface area contributed by atoms with Gasteiger partial charge in [0.1, 0.15) is 0 Å². The van der Waals surface area contributed by atoms with Gasteiger partial charge >= 0.3 is 5.69 Å². The molecule has 0 bridgehead atoms. The summed E-state index contributed by atoms with van der Waals surface area (Å²) >= 11 is 0. The molecule has 0 aromatic carbocycles. The Bertz CT molecular complexity index is 561. The fourth-order valence-corrected chi connectivity index (χ4v) is 2.78. The first-order chi connectivity index (χ1) is 9.02. The molecule has 1 aromatic heterocycles. The monoisotopic (exact) mass is 266 g/mol. The van der Waals surface area contributed by atoms with Crippen molar-refractivity contribution in [3.05, 3.63) is 20.8 Å². The summed E-state index contributed by atoms with van der Waals surface area (Å²) in [6.07, 6.45) is 5.76. The Kier molecular flexibility index (Phi) is 4.07. The summed E-state index contributed by atoms with van der Waals surface area (Å²) in [6.45, 7) is 2.20. The van der Waals surface area contributed by atoms with E-state index in [9.17, 15) is 9.59 Å². The molecule has 0 aliphatic heterocycles. The number of nitrogens with one attached hydrogen (secondary N) is 1. The van der Waals surface area contributed by atoms with Gasteiger partial charge in [0, 0.05) is 20.1 Å². The number of anilines is 1. The Hall–Kier alpha value is -1.59. The third-order valence-corrected chi connectivity index (χ3v) is 4.02. The lowest BCUT2D eigenvalue weighted by Crippen LogP contribution is -2.41. The van der Waals surface area contributed by atoms with E-state index in [0.717, 1.165) is 23.3 Å². The Morgan fingerprint density at radius 2 is 2.05 bits per heavy atom. The van der Waals surface area contributed by atoms with Gasteiger partial charge in [-0.15, -0.1) is 5.10 Å². The predicted molar refractivity (Wildman–Crippen MR) is 74.4 cm³/mol. The SMILES string of the molecule is CCC1CCCC(Nc2nn(C)c(=O)n(C)c2=O)C1. The van der Waals surface area contributed by atoms with Crippen molar-refractivity contribution in [2.45, 2.75) is 45.1 Å². The highest BCUT2D eigenvalue weighted by molar-refractivity contribution is 5.31. The van der Waals surface area contributed by atoms with E-state index in [1.807, 2.05) is 0 Å². The molecule has 19 heavy (non-hydrogen) atoms. The molecule has 1 aliphatic rings. The van der Waals surface area contributed by atoms with Crippen LogP contribution in [-0.4, -0.2) is 20.4 Å². The Balaban J connectivity index is 2.20. The second-order valence-electron chi connectivity index (χ2n) is 5.40. The molecule has 2 atom stereocenters. The van der Waals surface area contributed by atoms with E-state index in [-0.39, 0.29) is 17.4 Å². The van der Waals surface area contributed by atoms with E-state index in [4.69, 9.17) is 0 Å². The third-order valence-electron chi connectivity index (χ3n) is 4.02. The molecule has 0 spiro atoms. The van der Waals surface area contributed by atoms with Gasteiger partial charge in [0.2, 0.25) is 5.82 Å². The molecular weight excluding hydrogens is 244 g/mol. The van der Waals surface area contributed by atoms with Crippen LogP contribution in [0, 0.1) is 5.92 Å². The van der Waals surface area contributed by atoms with Gasteiger partial charge in [0.15, 0.2) is 0 Å². The van der Waals surface area contributed by atoms with Crippen LogP contribution in [0.15, 0.2) is 9.59 Å². The number of hydrogen-bond acceptors (Lipinski definition) is 4. The largest absolute Gasteiger partial charge is 0.361 e. The van der Waals surface area contributed by atoms with Crippen LogP contribution in [0.1, 0.15) is 39.0 Å². The van der Waals surface area contributed by atoms with E-state index in [1.165, 1.54) is 31.0 Å². The highest BCUT2D eigenvalue weighted by atomic mass is 16.2. The van der Waals surface area contributed by atoms with Crippen LogP contribution in [0.3, 0.4) is 0 Å². The lowest BCUT2D eigenvalue weighted by Gasteiger charge is -2.29. The van der Waals surface area contributed by atoms with E-state index in [0.29, 0.717) is 0 Å². The first-order valence-electron chi connectivity index (χ1n) is 6.93. The standard InChI is InChI=1S/C13H22N4O2/c1-4-9-6-5-7-10(8-9)14-11-12(18)16(2)13(19)17(3)15-11/h9-10H,4-8H2,1-3H3,(H,14,15). The molecule has 2 unspecified atom stereocenters. The molecule has 1 aromatic rings. The van der Waals surface area contributed by atoms with Crippen molar-refractivity contribution in [3.63, 3.8) is 0 Å². The van der Waals surface area contributed by atoms with Crippen molar-refractivity contribution in [2.24, 2.45) is 20.0 Å². The van der Waals surface area contributed by atoms with Crippen molar-refractivity contribution in [3.8, 4) is 0 Å². The molecule has 1 N–H and O–H groups in total. The van der Waals surface area contributed by atoms with Gasteiger partial charge in [-0.05, 0) is 18.8 Å².